The summed E-state index contributed by atoms with van der Waals surface area (Å²) < 4.78 is 90.6. The Morgan fingerprint density at radius 3 is 1.98 bits per heavy atom. The van der Waals surface area contributed by atoms with Gasteiger partial charge in [-0.2, -0.15) is 21.6 Å². The SMILES string of the molecule is COc1ccc(-c2cc(=O)c3c(OS(=O)(=O)C(F)(F)F)cc(OCc4ccccc4)cc3o2)cc1OCc1ccccc1. The Kier molecular flexibility index (Phi) is 8.31. The maximum atomic E-state index is 13.2. The number of alkyl halides is 3. The second kappa shape index (κ2) is 12.1. The Balaban J connectivity index is 1.57. The van der Waals surface area contributed by atoms with Crippen molar-refractivity contribution in [2.24, 2.45) is 0 Å². The van der Waals surface area contributed by atoms with E-state index in [1.807, 2.05) is 30.3 Å². The third kappa shape index (κ3) is 6.75. The van der Waals surface area contributed by atoms with Crippen molar-refractivity contribution in [1.82, 2.24) is 0 Å². The molecule has 0 unspecified atom stereocenters. The Labute approximate surface area is 243 Å². The molecule has 43 heavy (non-hydrogen) atoms. The van der Waals surface area contributed by atoms with Gasteiger partial charge in [-0.15, -0.1) is 0 Å². The second-order valence-corrected chi connectivity index (χ2v) is 10.7. The molecule has 4 aromatic carbocycles. The number of hydrogen-bond acceptors (Lipinski definition) is 8. The molecule has 0 saturated heterocycles. The van der Waals surface area contributed by atoms with E-state index in [0.29, 0.717) is 17.1 Å². The molecule has 1 aromatic heterocycles. The molecular weight excluding hydrogens is 589 g/mol. The van der Waals surface area contributed by atoms with Gasteiger partial charge in [0.05, 0.1) is 7.11 Å². The van der Waals surface area contributed by atoms with E-state index in [2.05, 4.69) is 4.18 Å². The molecular formula is C31H23F3O8S. The van der Waals surface area contributed by atoms with Crippen LogP contribution in [0.5, 0.6) is 23.0 Å². The summed E-state index contributed by atoms with van der Waals surface area (Å²) in [6.07, 6.45) is 0. The second-order valence-electron chi connectivity index (χ2n) is 9.17. The molecule has 0 fully saturated rings. The predicted octanol–water partition coefficient (Wildman–Crippen LogP) is 6.86. The Hall–Kier alpha value is -4.97. The van der Waals surface area contributed by atoms with Crippen molar-refractivity contribution in [3.8, 4) is 34.3 Å². The largest absolute Gasteiger partial charge is 0.534 e. The number of rotatable bonds is 10. The minimum atomic E-state index is -6.11. The summed E-state index contributed by atoms with van der Waals surface area (Å²) in [5.74, 6) is -0.209. The van der Waals surface area contributed by atoms with Crippen molar-refractivity contribution in [1.29, 1.82) is 0 Å². The van der Waals surface area contributed by atoms with Crippen LogP contribution in [0.4, 0.5) is 13.2 Å². The third-order valence-corrected chi connectivity index (χ3v) is 7.15. The van der Waals surface area contributed by atoms with E-state index in [1.165, 1.54) is 13.2 Å². The fourth-order valence-corrected chi connectivity index (χ4v) is 4.57. The van der Waals surface area contributed by atoms with Gasteiger partial charge < -0.3 is 22.8 Å². The lowest BCUT2D eigenvalue weighted by molar-refractivity contribution is -0.0499. The first-order chi connectivity index (χ1) is 20.5. The molecule has 0 N–H and O–H groups in total. The van der Waals surface area contributed by atoms with Crippen LogP contribution in [0, 0.1) is 0 Å². The first-order valence-corrected chi connectivity index (χ1v) is 14.1. The van der Waals surface area contributed by atoms with Crippen LogP contribution in [0.3, 0.4) is 0 Å². The molecule has 0 aliphatic carbocycles. The lowest BCUT2D eigenvalue weighted by Crippen LogP contribution is -2.28. The molecule has 0 spiro atoms. The lowest BCUT2D eigenvalue weighted by Gasteiger charge is -2.15. The van der Waals surface area contributed by atoms with Crippen LogP contribution in [0.2, 0.25) is 0 Å². The van der Waals surface area contributed by atoms with Crippen LogP contribution in [0.15, 0.2) is 106 Å². The summed E-state index contributed by atoms with van der Waals surface area (Å²) >= 11 is 0. The van der Waals surface area contributed by atoms with Crippen molar-refractivity contribution in [3.63, 3.8) is 0 Å². The van der Waals surface area contributed by atoms with Gasteiger partial charge in [0.25, 0.3) is 0 Å². The molecule has 5 rings (SSSR count). The fourth-order valence-electron chi connectivity index (χ4n) is 4.10. The van der Waals surface area contributed by atoms with E-state index in [4.69, 9.17) is 18.6 Å². The molecule has 222 valence electrons. The summed E-state index contributed by atoms with van der Waals surface area (Å²) in [5, 5.41) is -0.516. The fraction of sp³-hybridized carbons (Fsp3) is 0.129. The summed E-state index contributed by atoms with van der Waals surface area (Å²) in [6, 6.07) is 26.2. The zero-order valence-electron chi connectivity index (χ0n) is 22.5. The molecule has 1 heterocycles. The van der Waals surface area contributed by atoms with Crippen molar-refractivity contribution >= 4 is 21.1 Å². The van der Waals surface area contributed by atoms with Gasteiger partial charge in [0, 0.05) is 23.8 Å². The van der Waals surface area contributed by atoms with Gasteiger partial charge in [-0.05, 0) is 29.3 Å². The predicted molar refractivity (Wildman–Crippen MR) is 152 cm³/mol. The number of benzene rings is 4. The molecule has 0 aliphatic heterocycles. The number of halogens is 3. The topological polar surface area (TPSA) is 101 Å². The average Bonchev–Trinajstić information content (AvgIpc) is 2.98. The van der Waals surface area contributed by atoms with E-state index >= 15 is 0 Å². The van der Waals surface area contributed by atoms with E-state index in [9.17, 15) is 26.4 Å². The highest BCUT2D eigenvalue weighted by Gasteiger charge is 2.49. The highest BCUT2D eigenvalue weighted by atomic mass is 32.2. The maximum Gasteiger partial charge on any atom is 0.534 e. The zero-order valence-corrected chi connectivity index (χ0v) is 23.3. The molecule has 0 bridgehead atoms. The van der Waals surface area contributed by atoms with Gasteiger partial charge in [-0.1, -0.05) is 60.7 Å². The van der Waals surface area contributed by atoms with Crippen molar-refractivity contribution in [3.05, 3.63) is 118 Å². The molecule has 12 heteroatoms. The molecule has 0 radical (unpaired) electrons. The minimum Gasteiger partial charge on any atom is -0.493 e. The summed E-state index contributed by atoms with van der Waals surface area (Å²) in [6.45, 7) is 0.209. The van der Waals surface area contributed by atoms with Crippen molar-refractivity contribution in [2.75, 3.05) is 7.11 Å². The summed E-state index contributed by atoms with van der Waals surface area (Å²) in [7, 11) is -4.65. The molecule has 8 nitrogen and oxygen atoms in total. The van der Waals surface area contributed by atoms with Gasteiger partial charge in [0.15, 0.2) is 22.7 Å². The average molecular weight is 613 g/mol. The Bertz CT molecular complexity index is 1910. The van der Waals surface area contributed by atoms with Crippen LogP contribution >= 0.6 is 0 Å². The van der Waals surface area contributed by atoms with E-state index < -0.39 is 32.2 Å². The van der Waals surface area contributed by atoms with Gasteiger partial charge in [-0.3, -0.25) is 4.79 Å². The van der Waals surface area contributed by atoms with Gasteiger partial charge in [-0.25, -0.2) is 0 Å². The van der Waals surface area contributed by atoms with Crippen LogP contribution in [-0.2, 0) is 23.3 Å². The Morgan fingerprint density at radius 2 is 1.37 bits per heavy atom. The number of ether oxygens (including phenoxy) is 3. The van der Waals surface area contributed by atoms with E-state index in [0.717, 1.165) is 23.3 Å². The highest BCUT2D eigenvalue weighted by Crippen LogP contribution is 2.37. The van der Waals surface area contributed by atoms with Crippen LogP contribution in [0.1, 0.15) is 11.1 Å². The van der Waals surface area contributed by atoms with Crippen molar-refractivity contribution in [2.45, 2.75) is 18.7 Å². The summed E-state index contributed by atoms with van der Waals surface area (Å²) in [5.41, 5.74) is -4.84. The van der Waals surface area contributed by atoms with Crippen LogP contribution in [0.25, 0.3) is 22.3 Å². The number of methoxy groups -OCH3 is 1. The van der Waals surface area contributed by atoms with Gasteiger partial charge >= 0.3 is 15.6 Å². The number of hydrogen-bond donors (Lipinski definition) is 0. The van der Waals surface area contributed by atoms with E-state index in [1.54, 1.807) is 48.5 Å². The van der Waals surface area contributed by atoms with Crippen molar-refractivity contribution < 1.29 is 44.4 Å². The zero-order chi connectivity index (χ0) is 30.6. The molecule has 5 aromatic rings. The molecule has 0 amide bonds. The highest BCUT2D eigenvalue weighted by molar-refractivity contribution is 7.88. The first kappa shape index (κ1) is 29.5. The van der Waals surface area contributed by atoms with E-state index in [-0.39, 0.29) is 30.3 Å². The third-order valence-electron chi connectivity index (χ3n) is 6.18. The normalized spacial score (nSPS) is 11.7. The molecule has 0 aliphatic rings. The Morgan fingerprint density at radius 1 is 0.744 bits per heavy atom. The van der Waals surface area contributed by atoms with Crippen LogP contribution < -0.4 is 23.8 Å². The van der Waals surface area contributed by atoms with Crippen LogP contribution in [-0.4, -0.2) is 21.0 Å². The van der Waals surface area contributed by atoms with Gasteiger partial charge in [0.2, 0.25) is 0 Å². The molecule has 0 saturated carbocycles. The first-order valence-electron chi connectivity index (χ1n) is 12.7. The standard InChI is InChI=1S/C31H23F3O8S/c1-38-25-13-12-22(14-27(25)40-19-21-10-6-3-7-11-21)26-17-24(35)30-28(41-26)15-23(39-18-20-8-4-2-5-9-20)16-29(30)42-43(36,37)31(32,33)34/h2-17H,18-19H2,1H3. The minimum absolute atomic E-state index is 0.0116. The molecule has 0 atom stereocenters. The summed E-state index contributed by atoms with van der Waals surface area (Å²) in [4.78, 5) is 13.2. The number of fused-ring (bicyclic) bond motifs is 1. The monoisotopic (exact) mass is 612 g/mol. The smallest absolute Gasteiger partial charge is 0.493 e. The van der Waals surface area contributed by atoms with Gasteiger partial charge in [0.1, 0.15) is 35.7 Å². The quantitative estimate of drug-likeness (QED) is 0.125. The lowest BCUT2D eigenvalue weighted by atomic mass is 10.1. The maximum absolute atomic E-state index is 13.2.